The van der Waals surface area contributed by atoms with Gasteiger partial charge in [-0.3, -0.25) is 0 Å². The van der Waals surface area contributed by atoms with Crippen LogP contribution in [0, 0.1) is 0 Å². The maximum atomic E-state index is 6.40. The molecular weight excluding hydrogens is 671 g/mol. The van der Waals surface area contributed by atoms with Crippen LogP contribution in [0.15, 0.2) is 174 Å². The Morgan fingerprint density at radius 3 is 1.98 bits per heavy atom. The van der Waals surface area contributed by atoms with E-state index in [0.29, 0.717) is 17.5 Å². The molecule has 55 heavy (non-hydrogen) atoms. The molecule has 0 atom stereocenters. The van der Waals surface area contributed by atoms with Gasteiger partial charge in [0.2, 0.25) is 0 Å². The monoisotopic (exact) mass is 703 g/mol. The Morgan fingerprint density at radius 1 is 0.418 bits per heavy atom. The third-order valence-corrected chi connectivity index (χ3v) is 11.0. The molecule has 0 saturated carbocycles. The van der Waals surface area contributed by atoms with E-state index in [0.717, 1.165) is 73.4 Å². The average Bonchev–Trinajstić information content (AvgIpc) is 3.64. The van der Waals surface area contributed by atoms with Gasteiger partial charge in [0.15, 0.2) is 17.5 Å². The van der Waals surface area contributed by atoms with Gasteiger partial charge in [-0.2, -0.15) is 0 Å². The van der Waals surface area contributed by atoms with E-state index in [1.807, 2.05) is 18.2 Å². The highest BCUT2D eigenvalue weighted by Crippen LogP contribution is 2.40. The van der Waals surface area contributed by atoms with Gasteiger partial charge in [-0.1, -0.05) is 140 Å². The normalized spacial score (nSPS) is 12.5. The van der Waals surface area contributed by atoms with Crippen LogP contribution in [0.4, 0.5) is 0 Å². The molecule has 0 radical (unpaired) electrons. The van der Waals surface area contributed by atoms with E-state index >= 15 is 0 Å². The van der Waals surface area contributed by atoms with Crippen molar-refractivity contribution in [3.05, 3.63) is 181 Å². The van der Waals surface area contributed by atoms with Crippen molar-refractivity contribution in [3.8, 4) is 56.4 Å². The lowest BCUT2D eigenvalue weighted by Gasteiger charge is -2.18. The van der Waals surface area contributed by atoms with Crippen LogP contribution in [0.1, 0.15) is 17.5 Å². The van der Waals surface area contributed by atoms with Gasteiger partial charge in [0.05, 0.1) is 0 Å². The minimum absolute atomic E-state index is 0.647. The summed E-state index contributed by atoms with van der Waals surface area (Å²) in [4.78, 5) is 15.5. The van der Waals surface area contributed by atoms with E-state index in [1.165, 1.54) is 33.0 Å². The van der Waals surface area contributed by atoms with Crippen LogP contribution in [0.2, 0.25) is 0 Å². The fourth-order valence-electron chi connectivity index (χ4n) is 8.28. The molecule has 0 aliphatic heterocycles. The summed E-state index contributed by atoms with van der Waals surface area (Å²) < 4.78 is 6.40. The fraction of sp³-hybridized carbons (Fsp3) is 0.0392. The number of furan rings is 1. The number of allylic oxidation sites excluding steroid dienone is 1. The molecule has 0 bridgehead atoms. The van der Waals surface area contributed by atoms with Crippen LogP contribution in [-0.2, 0) is 6.42 Å². The van der Waals surface area contributed by atoms with Crippen molar-refractivity contribution in [3.63, 3.8) is 0 Å². The molecule has 2 heterocycles. The van der Waals surface area contributed by atoms with Crippen LogP contribution in [0.3, 0.4) is 0 Å². The van der Waals surface area contributed by atoms with Gasteiger partial charge in [-0.25, -0.2) is 15.0 Å². The summed E-state index contributed by atoms with van der Waals surface area (Å²) in [5.74, 6) is 1.98. The second kappa shape index (κ2) is 12.8. The molecule has 0 unspecified atom stereocenters. The second-order valence-electron chi connectivity index (χ2n) is 14.3. The first kappa shape index (κ1) is 31.4. The van der Waals surface area contributed by atoms with Gasteiger partial charge in [0.25, 0.3) is 0 Å². The number of fused-ring (bicyclic) bond motifs is 7. The molecule has 10 aromatic rings. The smallest absolute Gasteiger partial charge is 0.164 e. The molecule has 0 amide bonds. The summed E-state index contributed by atoms with van der Waals surface area (Å²) in [5.41, 5.74) is 11.8. The summed E-state index contributed by atoms with van der Waals surface area (Å²) in [7, 11) is 0. The van der Waals surface area contributed by atoms with Crippen LogP contribution in [-0.4, -0.2) is 15.0 Å². The third-order valence-electron chi connectivity index (χ3n) is 11.0. The Bertz CT molecular complexity index is 3140. The number of benzene rings is 8. The second-order valence-corrected chi connectivity index (χ2v) is 14.3. The fourth-order valence-corrected chi connectivity index (χ4v) is 8.28. The minimum atomic E-state index is 0.647. The predicted octanol–water partition coefficient (Wildman–Crippen LogP) is 13.4. The van der Waals surface area contributed by atoms with E-state index in [-0.39, 0.29) is 0 Å². The first-order valence-corrected chi connectivity index (χ1v) is 18.8. The SMILES string of the molecule is C1=Cc2c(-c3nc(-c4ccccc4)nc(-c4ccc5ccc(-c6cccc7oc8ccc(-c9ccccc9)cc8c67)cc5c4)n3)cc3ccccc3c2CC1. The zero-order chi connectivity index (χ0) is 36.3. The lowest BCUT2D eigenvalue weighted by molar-refractivity contribution is 0.669. The highest BCUT2D eigenvalue weighted by atomic mass is 16.3. The first-order chi connectivity index (χ1) is 27.2. The predicted molar refractivity (Wildman–Crippen MR) is 227 cm³/mol. The van der Waals surface area contributed by atoms with E-state index in [4.69, 9.17) is 19.4 Å². The molecular formula is C51H33N3O. The molecule has 1 aliphatic rings. The molecule has 0 saturated heterocycles. The first-order valence-electron chi connectivity index (χ1n) is 18.8. The quantitative estimate of drug-likeness (QED) is 0.179. The Morgan fingerprint density at radius 2 is 1.13 bits per heavy atom. The Kier molecular flexibility index (Phi) is 7.27. The van der Waals surface area contributed by atoms with Crippen molar-refractivity contribution in [2.45, 2.75) is 12.8 Å². The number of hydrogen-bond acceptors (Lipinski definition) is 4. The third kappa shape index (κ3) is 5.42. The average molecular weight is 704 g/mol. The molecule has 258 valence electrons. The van der Waals surface area contributed by atoms with E-state index in [2.05, 4.69) is 158 Å². The molecule has 4 heteroatoms. The highest BCUT2D eigenvalue weighted by Gasteiger charge is 2.20. The van der Waals surface area contributed by atoms with Gasteiger partial charge in [-0.15, -0.1) is 0 Å². The maximum Gasteiger partial charge on any atom is 0.164 e. The van der Waals surface area contributed by atoms with Crippen LogP contribution < -0.4 is 0 Å². The van der Waals surface area contributed by atoms with Gasteiger partial charge < -0.3 is 4.42 Å². The van der Waals surface area contributed by atoms with Crippen molar-refractivity contribution in [2.75, 3.05) is 0 Å². The molecule has 1 aliphatic carbocycles. The van der Waals surface area contributed by atoms with Gasteiger partial charge in [-0.05, 0) is 104 Å². The minimum Gasteiger partial charge on any atom is -0.456 e. The largest absolute Gasteiger partial charge is 0.456 e. The van der Waals surface area contributed by atoms with Gasteiger partial charge in [0, 0.05) is 27.5 Å². The van der Waals surface area contributed by atoms with Crippen LogP contribution in [0.5, 0.6) is 0 Å². The molecule has 2 aromatic heterocycles. The number of nitrogens with zero attached hydrogens (tertiary/aromatic N) is 3. The highest BCUT2D eigenvalue weighted by molar-refractivity contribution is 6.14. The zero-order valence-electron chi connectivity index (χ0n) is 29.9. The zero-order valence-corrected chi connectivity index (χ0v) is 29.9. The van der Waals surface area contributed by atoms with Crippen molar-refractivity contribution < 1.29 is 4.42 Å². The van der Waals surface area contributed by atoms with E-state index in [1.54, 1.807) is 0 Å². The topological polar surface area (TPSA) is 51.8 Å². The van der Waals surface area contributed by atoms with Gasteiger partial charge in [0.1, 0.15) is 11.2 Å². The maximum absolute atomic E-state index is 6.40. The number of aromatic nitrogens is 3. The molecule has 8 aromatic carbocycles. The summed E-state index contributed by atoms with van der Waals surface area (Å²) in [6.07, 6.45) is 6.53. The summed E-state index contributed by atoms with van der Waals surface area (Å²) in [6.45, 7) is 0. The lowest BCUT2D eigenvalue weighted by Crippen LogP contribution is -2.04. The number of rotatable bonds is 5. The lowest BCUT2D eigenvalue weighted by atomic mass is 9.88. The van der Waals surface area contributed by atoms with Crippen LogP contribution in [0.25, 0.3) is 106 Å². The van der Waals surface area contributed by atoms with Crippen molar-refractivity contribution in [1.29, 1.82) is 0 Å². The standard InChI is InChI=1S/C51H33N3O/c1-3-12-32(13-4-1)35-26-27-46-45(30-35)48-41(20-11-21-47(48)55-46)37-24-22-33-23-25-38(29-39(33)28-37)50-52-49(34-14-5-2-6-15-34)53-51(54-50)44-31-36-16-7-8-17-40(36)42-18-9-10-19-43(42)44/h1-8,10-17,19-31H,9,18H2. The molecule has 0 N–H and O–H groups in total. The van der Waals surface area contributed by atoms with Crippen LogP contribution >= 0.6 is 0 Å². The van der Waals surface area contributed by atoms with Gasteiger partial charge >= 0.3 is 0 Å². The summed E-state index contributed by atoms with van der Waals surface area (Å²) >= 11 is 0. The number of aryl methyl sites for hydroxylation is 1. The molecule has 4 nitrogen and oxygen atoms in total. The summed E-state index contributed by atoms with van der Waals surface area (Å²) in [5, 5.41) is 6.98. The van der Waals surface area contributed by atoms with E-state index in [9.17, 15) is 0 Å². The molecule has 11 rings (SSSR count). The Balaban J connectivity index is 1.07. The summed E-state index contributed by atoms with van der Waals surface area (Å²) in [6, 6.07) is 57.6. The Labute approximate surface area is 318 Å². The number of hydrogen-bond donors (Lipinski definition) is 0. The van der Waals surface area contributed by atoms with Crippen molar-refractivity contribution >= 4 is 49.6 Å². The molecule has 0 spiro atoms. The Hall–Kier alpha value is -7.17. The molecule has 0 fully saturated rings. The van der Waals surface area contributed by atoms with Crippen molar-refractivity contribution in [1.82, 2.24) is 15.0 Å². The van der Waals surface area contributed by atoms with Crippen molar-refractivity contribution in [2.24, 2.45) is 0 Å². The van der Waals surface area contributed by atoms with E-state index < -0.39 is 0 Å².